The van der Waals surface area contributed by atoms with E-state index in [-0.39, 0.29) is 6.04 Å². The van der Waals surface area contributed by atoms with E-state index in [2.05, 4.69) is 4.98 Å². The van der Waals surface area contributed by atoms with Crippen LogP contribution in [0.3, 0.4) is 0 Å². The summed E-state index contributed by atoms with van der Waals surface area (Å²) in [6.07, 6.45) is -0.321. The van der Waals surface area contributed by atoms with Crippen LogP contribution in [0.2, 0.25) is 0 Å². The summed E-state index contributed by atoms with van der Waals surface area (Å²) < 4.78 is 0. The van der Waals surface area contributed by atoms with E-state index < -0.39 is 11.6 Å². The predicted molar refractivity (Wildman–Crippen MR) is 112 cm³/mol. The lowest BCUT2D eigenvalue weighted by atomic mass is 10.0. The fraction of sp³-hybridized carbons (Fsp3) is 0.304. The summed E-state index contributed by atoms with van der Waals surface area (Å²) in [5.74, 6) is 0.664. The highest BCUT2D eigenvalue weighted by Crippen LogP contribution is 2.35. The minimum Gasteiger partial charge on any atom is -0.465 e. The number of benzene rings is 2. The van der Waals surface area contributed by atoms with Crippen LogP contribution in [0.4, 0.5) is 4.79 Å². The number of aromatic amines is 1. The quantitative estimate of drug-likeness (QED) is 0.575. The van der Waals surface area contributed by atoms with Gasteiger partial charge in [-0.15, -0.1) is 0 Å². The van der Waals surface area contributed by atoms with E-state index in [1.165, 1.54) is 4.90 Å². The molecule has 3 rings (SSSR count). The molecule has 3 aromatic rings. The number of hydrogen-bond donors (Lipinski definition) is 2. The van der Waals surface area contributed by atoms with Gasteiger partial charge in [0.15, 0.2) is 0 Å². The first kappa shape index (κ1) is 19.7. The Kier molecular flexibility index (Phi) is 5.54. The molecule has 0 aliphatic carbocycles. The van der Waals surface area contributed by atoms with Crippen LogP contribution in [-0.2, 0) is 0 Å². The maximum atomic E-state index is 12.0. The molecule has 146 valence electrons. The van der Waals surface area contributed by atoms with Crippen molar-refractivity contribution >= 4 is 6.09 Å². The second-order valence-corrected chi connectivity index (χ2v) is 7.83. The number of hydrogen-bond acceptors (Lipinski definition) is 2. The van der Waals surface area contributed by atoms with Gasteiger partial charge in [-0.25, -0.2) is 9.78 Å². The van der Waals surface area contributed by atoms with Crippen molar-refractivity contribution < 1.29 is 9.90 Å². The smallest absolute Gasteiger partial charge is 0.408 e. The first-order valence-corrected chi connectivity index (χ1v) is 9.56. The van der Waals surface area contributed by atoms with E-state index in [1.807, 2.05) is 88.4 Å². The highest BCUT2D eigenvalue weighted by Gasteiger charge is 2.35. The van der Waals surface area contributed by atoms with Gasteiger partial charge in [0, 0.05) is 16.7 Å². The Balaban J connectivity index is 2.17. The first-order chi connectivity index (χ1) is 13.3. The lowest BCUT2D eigenvalue weighted by molar-refractivity contribution is 0.0657. The van der Waals surface area contributed by atoms with Crippen molar-refractivity contribution in [1.29, 1.82) is 0 Å². The average Bonchev–Trinajstić information content (AvgIpc) is 3.11. The van der Waals surface area contributed by atoms with E-state index in [0.29, 0.717) is 12.2 Å². The molecule has 0 saturated heterocycles. The molecule has 0 radical (unpaired) electrons. The van der Waals surface area contributed by atoms with E-state index in [4.69, 9.17) is 4.98 Å². The SMILES string of the molecule is CC[C@@H](c1nc(-c2ccccc2)c(-c2ccccc2)[nH]1)N(C(=O)O)C(C)(C)C. The third-order valence-electron chi connectivity index (χ3n) is 4.77. The Hall–Kier alpha value is -3.08. The molecule has 0 aliphatic rings. The Labute approximate surface area is 166 Å². The largest absolute Gasteiger partial charge is 0.465 e. The van der Waals surface area contributed by atoms with Gasteiger partial charge in [-0.2, -0.15) is 0 Å². The molecule has 5 heteroatoms. The first-order valence-electron chi connectivity index (χ1n) is 9.56. The minimum atomic E-state index is -0.946. The normalized spacial score (nSPS) is 12.6. The molecule has 1 atom stereocenters. The molecule has 2 aromatic carbocycles. The number of carboxylic acid groups (broad SMARTS) is 1. The zero-order chi connectivity index (χ0) is 20.3. The van der Waals surface area contributed by atoms with Crippen molar-refractivity contribution in [2.45, 2.75) is 45.7 Å². The van der Waals surface area contributed by atoms with Gasteiger partial charge in [-0.05, 0) is 27.2 Å². The number of rotatable bonds is 5. The minimum absolute atomic E-state index is 0.363. The maximum Gasteiger partial charge on any atom is 0.408 e. The number of amides is 1. The van der Waals surface area contributed by atoms with Gasteiger partial charge in [0.2, 0.25) is 0 Å². The lowest BCUT2D eigenvalue weighted by Gasteiger charge is -2.38. The fourth-order valence-electron chi connectivity index (χ4n) is 3.55. The summed E-state index contributed by atoms with van der Waals surface area (Å²) in [5.41, 5.74) is 3.21. The van der Waals surface area contributed by atoms with E-state index in [1.54, 1.807) is 0 Å². The number of imidazole rings is 1. The summed E-state index contributed by atoms with van der Waals surface area (Å²) in [4.78, 5) is 21.8. The standard InChI is InChI=1S/C23H27N3O2/c1-5-18(26(22(27)28)23(2,3)4)21-24-19(16-12-8-6-9-13-16)20(25-21)17-14-10-7-11-15-17/h6-15,18H,5H2,1-4H3,(H,24,25)(H,27,28)/t18-/m0/s1. The zero-order valence-electron chi connectivity index (χ0n) is 16.8. The summed E-state index contributed by atoms with van der Waals surface area (Å²) in [6, 6.07) is 19.6. The molecule has 1 heterocycles. The van der Waals surface area contributed by atoms with E-state index in [0.717, 1.165) is 22.5 Å². The third kappa shape index (κ3) is 3.93. The van der Waals surface area contributed by atoms with Crippen LogP contribution in [0.5, 0.6) is 0 Å². The molecule has 0 bridgehead atoms. The monoisotopic (exact) mass is 377 g/mol. The second kappa shape index (κ2) is 7.89. The molecule has 1 aromatic heterocycles. The van der Waals surface area contributed by atoms with Gasteiger partial charge < -0.3 is 10.1 Å². The molecule has 0 unspecified atom stereocenters. The summed E-state index contributed by atoms with van der Waals surface area (Å²) in [6.45, 7) is 7.70. The number of nitrogens with zero attached hydrogens (tertiary/aromatic N) is 2. The molecular weight excluding hydrogens is 350 g/mol. The molecule has 0 fully saturated rings. The van der Waals surface area contributed by atoms with Crippen LogP contribution in [-0.4, -0.2) is 31.6 Å². The molecular formula is C23H27N3O2. The molecule has 0 saturated carbocycles. The maximum absolute atomic E-state index is 12.0. The van der Waals surface area contributed by atoms with Gasteiger partial charge in [0.1, 0.15) is 5.82 Å². The Bertz CT molecular complexity index is 870. The molecule has 5 nitrogen and oxygen atoms in total. The molecule has 28 heavy (non-hydrogen) atoms. The summed E-state index contributed by atoms with van der Waals surface area (Å²) in [5, 5.41) is 9.87. The van der Waals surface area contributed by atoms with Gasteiger partial charge in [0.05, 0.1) is 17.4 Å². The predicted octanol–water partition coefficient (Wildman–Crippen LogP) is 5.97. The third-order valence-corrected chi connectivity index (χ3v) is 4.77. The van der Waals surface area contributed by atoms with Crippen LogP contribution in [0.25, 0.3) is 22.5 Å². The zero-order valence-corrected chi connectivity index (χ0v) is 16.8. The van der Waals surface area contributed by atoms with Crippen LogP contribution in [0.1, 0.15) is 46.0 Å². The van der Waals surface area contributed by atoms with Gasteiger partial charge in [-0.1, -0.05) is 67.6 Å². The lowest BCUT2D eigenvalue weighted by Crippen LogP contribution is -2.47. The topological polar surface area (TPSA) is 69.2 Å². The number of nitrogens with one attached hydrogen (secondary N) is 1. The second-order valence-electron chi connectivity index (χ2n) is 7.83. The Morgan fingerprint density at radius 1 is 1.04 bits per heavy atom. The van der Waals surface area contributed by atoms with Crippen molar-refractivity contribution in [3.63, 3.8) is 0 Å². The highest BCUT2D eigenvalue weighted by molar-refractivity contribution is 5.78. The van der Waals surface area contributed by atoms with Crippen molar-refractivity contribution in [2.24, 2.45) is 0 Å². The van der Waals surface area contributed by atoms with Crippen molar-refractivity contribution in [3.05, 3.63) is 66.5 Å². The molecule has 2 N–H and O–H groups in total. The molecule has 0 spiro atoms. The van der Waals surface area contributed by atoms with Gasteiger partial charge in [0.25, 0.3) is 0 Å². The Morgan fingerprint density at radius 2 is 1.57 bits per heavy atom. The number of carbonyl (C=O) groups is 1. The van der Waals surface area contributed by atoms with Crippen LogP contribution >= 0.6 is 0 Å². The average molecular weight is 377 g/mol. The van der Waals surface area contributed by atoms with Crippen LogP contribution in [0.15, 0.2) is 60.7 Å². The summed E-state index contributed by atoms with van der Waals surface area (Å²) in [7, 11) is 0. The number of aromatic nitrogens is 2. The fourth-order valence-corrected chi connectivity index (χ4v) is 3.55. The Morgan fingerprint density at radius 3 is 2.04 bits per heavy atom. The van der Waals surface area contributed by atoms with Crippen molar-refractivity contribution in [3.8, 4) is 22.5 Å². The number of H-pyrrole nitrogens is 1. The van der Waals surface area contributed by atoms with Gasteiger partial charge in [-0.3, -0.25) is 4.90 Å². The highest BCUT2D eigenvalue weighted by atomic mass is 16.4. The van der Waals surface area contributed by atoms with Crippen molar-refractivity contribution in [1.82, 2.24) is 14.9 Å². The van der Waals surface area contributed by atoms with Crippen LogP contribution in [0, 0.1) is 0 Å². The molecule has 0 aliphatic heterocycles. The van der Waals surface area contributed by atoms with E-state index >= 15 is 0 Å². The van der Waals surface area contributed by atoms with Crippen LogP contribution < -0.4 is 0 Å². The molecule has 1 amide bonds. The van der Waals surface area contributed by atoms with Crippen molar-refractivity contribution in [2.75, 3.05) is 0 Å². The van der Waals surface area contributed by atoms with Gasteiger partial charge >= 0.3 is 6.09 Å². The summed E-state index contributed by atoms with van der Waals surface area (Å²) >= 11 is 0. The van der Waals surface area contributed by atoms with E-state index in [9.17, 15) is 9.90 Å².